The van der Waals surface area contributed by atoms with Crippen molar-refractivity contribution in [2.24, 2.45) is 10.9 Å². The molecule has 0 spiro atoms. The Morgan fingerprint density at radius 1 is 1.25 bits per heavy atom. The second kappa shape index (κ2) is 5.98. The lowest BCUT2D eigenvalue weighted by molar-refractivity contribution is 0.318. The molecule has 0 radical (unpaired) electrons. The lowest BCUT2D eigenvalue weighted by Gasteiger charge is -2.10. The quantitative estimate of drug-likeness (QED) is 0.393. The van der Waals surface area contributed by atoms with Gasteiger partial charge in [0.2, 0.25) is 5.88 Å². The molecule has 104 valence electrons. The Labute approximate surface area is 125 Å². The summed E-state index contributed by atoms with van der Waals surface area (Å²) in [6.45, 7) is 1.80. The van der Waals surface area contributed by atoms with Crippen LogP contribution in [0.1, 0.15) is 11.3 Å². The summed E-state index contributed by atoms with van der Waals surface area (Å²) in [5.74, 6) is 0.520. The molecule has 0 amide bonds. The number of aromatic nitrogens is 1. The van der Waals surface area contributed by atoms with Gasteiger partial charge in [-0.05, 0) is 37.3 Å². The Balaban J connectivity index is 2.44. The van der Waals surface area contributed by atoms with Gasteiger partial charge in [-0.2, -0.15) is 0 Å². The van der Waals surface area contributed by atoms with E-state index >= 15 is 0 Å². The molecule has 0 aliphatic heterocycles. The summed E-state index contributed by atoms with van der Waals surface area (Å²) in [4.78, 5) is 4.22. The number of pyridine rings is 1. The highest BCUT2D eigenvalue weighted by molar-refractivity contribution is 6.34. The molecule has 1 aromatic heterocycles. The largest absolute Gasteiger partial charge is 0.438 e. The number of halogens is 2. The SMILES string of the molecule is Cc1ccc(C(N)=NO)c(Oc2cc(Cl)cc(Cl)c2)n1. The minimum atomic E-state index is -0.0966. The van der Waals surface area contributed by atoms with E-state index in [1.54, 1.807) is 37.3 Å². The summed E-state index contributed by atoms with van der Waals surface area (Å²) in [6.07, 6.45) is 0. The molecule has 20 heavy (non-hydrogen) atoms. The van der Waals surface area contributed by atoms with Gasteiger partial charge < -0.3 is 15.7 Å². The number of nitrogens with two attached hydrogens (primary N) is 1. The molecule has 1 heterocycles. The van der Waals surface area contributed by atoms with Gasteiger partial charge in [0.15, 0.2) is 5.84 Å². The Hall–Kier alpha value is -1.98. The molecule has 2 aromatic rings. The third kappa shape index (κ3) is 3.31. The zero-order valence-corrected chi connectivity index (χ0v) is 12.0. The Bertz CT molecular complexity index is 654. The number of nitrogens with zero attached hydrogens (tertiary/aromatic N) is 2. The molecular weight excluding hydrogens is 301 g/mol. The number of aryl methyl sites for hydroxylation is 1. The van der Waals surface area contributed by atoms with Crippen molar-refractivity contribution in [3.8, 4) is 11.6 Å². The van der Waals surface area contributed by atoms with Crippen LogP contribution in [-0.4, -0.2) is 16.0 Å². The normalized spacial score (nSPS) is 11.4. The zero-order valence-electron chi connectivity index (χ0n) is 10.5. The molecule has 0 unspecified atom stereocenters. The lowest BCUT2D eigenvalue weighted by Crippen LogP contribution is -2.15. The number of oxime groups is 1. The fraction of sp³-hybridized carbons (Fsp3) is 0.0769. The van der Waals surface area contributed by atoms with Gasteiger partial charge in [-0.3, -0.25) is 0 Å². The average molecular weight is 312 g/mol. The van der Waals surface area contributed by atoms with Crippen LogP contribution in [0.15, 0.2) is 35.5 Å². The van der Waals surface area contributed by atoms with Crippen molar-refractivity contribution in [1.82, 2.24) is 4.98 Å². The third-order valence-electron chi connectivity index (χ3n) is 2.43. The van der Waals surface area contributed by atoms with Crippen LogP contribution in [0.2, 0.25) is 10.0 Å². The maximum atomic E-state index is 8.77. The fourth-order valence-corrected chi connectivity index (χ4v) is 2.06. The van der Waals surface area contributed by atoms with Crippen LogP contribution >= 0.6 is 23.2 Å². The maximum Gasteiger partial charge on any atom is 0.230 e. The highest BCUT2D eigenvalue weighted by atomic mass is 35.5. The first-order valence-corrected chi connectivity index (χ1v) is 6.34. The molecule has 0 aliphatic carbocycles. The average Bonchev–Trinajstić information content (AvgIpc) is 2.37. The number of amidine groups is 1. The Morgan fingerprint density at radius 2 is 1.90 bits per heavy atom. The van der Waals surface area contributed by atoms with Crippen LogP contribution in [0, 0.1) is 6.92 Å². The van der Waals surface area contributed by atoms with Gasteiger partial charge in [-0.15, -0.1) is 0 Å². The molecule has 0 saturated carbocycles. The molecule has 5 nitrogen and oxygen atoms in total. The van der Waals surface area contributed by atoms with Crippen LogP contribution in [0.3, 0.4) is 0 Å². The zero-order chi connectivity index (χ0) is 14.7. The number of ether oxygens (including phenoxy) is 1. The fourth-order valence-electron chi connectivity index (χ4n) is 1.56. The Kier molecular flexibility index (Phi) is 4.32. The summed E-state index contributed by atoms with van der Waals surface area (Å²) in [7, 11) is 0. The Morgan fingerprint density at radius 3 is 2.50 bits per heavy atom. The van der Waals surface area contributed by atoms with Crippen molar-refractivity contribution in [3.63, 3.8) is 0 Å². The monoisotopic (exact) mass is 311 g/mol. The molecule has 0 bridgehead atoms. The van der Waals surface area contributed by atoms with Crippen molar-refractivity contribution < 1.29 is 9.94 Å². The number of hydrogen-bond donors (Lipinski definition) is 2. The molecule has 0 saturated heterocycles. The van der Waals surface area contributed by atoms with Gasteiger partial charge >= 0.3 is 0 Å². The van der Waals surface area contributed by atoms with E-state index in [4.69, 9.17) is 38.9 Å². The first kappa shape index (κ1) is 14.4. The number of rotatable bonds is 3. The first-order chi connectivity index (χ1) is 9.49. The lowest BCUT2D eigenvalue weighted by atomic mass is 10.2. The maximum absolute atomic E-state index is 8.77. The molecule has 1 aromatic carbocycles. The van der Waals surface area contributed by atoms with Crippen molar-refractivity contribution in [2.75, 3.05) is 0 Å². The number of benzene rings is 1. The van der Waals surface area contributed by atoms with Crippen molar-refractivity contribution >= 4 is 29.0 Å². The van der Waals surface area contributed by atoms with Gasteiger partial charge in [-0.1, -0.05) is 28.4 Å². The summed E-state index contributed by atoms with van der Waals surface area (Å²) >= 11 is 11.8. The van der Waals surface area contributed by atoms with E-state index in [0.29, 0.717) is 21.4 Å². The van der Waals surface area contributed by atoms with E-state index < -0.39 is 0 Å². The van der Waals surface area contributed by atoms with Crippen LogP contribution < -0.4 is 10.5 Å². The van der Waals surface area contributed by atoms with E-state index in [1.165, 1.54) is 0 Å². The molecule has 0 atom stereocenters. The molecule has 2 rings (SSSR count). The van der Waals surface area contributed by atoms with E-state index in [2.05, 4.69) is 10.1 Å². The molecule has 7 heteroatoms. The van der Waals surface area contributed by atoms with Gasteiger partial charge in [0.25, 0.3) is 0 Å². The highest BCUT2D eigenvalue weighted by Gasteiger charge is 2.12. The molecule has 0 aliphatic rings. The van der Waals surface area contributed by atoms with Crippen LogP contribution in [0.25, 0.3) is 0 Å². The van der Waals surface area contributed by atoms with Crippen molar-refractivity contribution in [2.45, 2.75) is 6.92 Å². The summed E-state index contributed by atoms with van der Waals surface area (Å²) in [6, 6.07) is 8.15. The van der Waals surface area contributed by atoms with Gasteiger partial charge in [-0.25, -0.2) is 4.98 Å². The summed E-state index contributed by atoms with van der Waals surface area (Å²) < 4.78 is 5.62. The standard InChI is InChI=1S/C13H11Cl2N3O2/c1-7-2-3-11(12(16)18-19)13(17-7)20-10-5-8(14)4-9(15)6-10/h2-6,19H,1H3,(H2,16,18). The second-order valence-electron chi connectivity index (χ2n) is 4.00. The molecular formula is C13H11Cl2N3O2. The summed E-state index contributed by atoms with van der Waals surface area (Å²) in [5, 5.41) is 12.6. The smallest absolute Gasteiger partial charge is 0.230 e. The van der Waals surface area contributed by atoms with Crippen molar-refractivity contribution in [3.05, 3.63) is 51.6 Å². The third-order valence-corrected chi connectivity index (χ3v) is 2.87. The molecule has 0 fully saturated rings. The van der Waals surface area contributed by atoms with Gasteiger partial charge in [0.1, 0.15) is 5.75 Å². The van der Waals surface area contributed by atoms with E-state index in [0.717, 1.165) is 5.69 Å². The first-order valence-electron chi connectivity index (χ1n) is 5.59. The van der Waals surface area contributed by atoms with Crippen molar-refractivity contribution in [1.29, 1.82) is 0 Å². The van der Waals surface area contributed by atoms with E-state index in [1.807, 2.05) is 0 Å². The topological polar surface area (TPSA) is 80.7 Å². The number of hydrogen-bond acceptors (Lipinski definition) is 4. The highest BCUT2D eigenvalue weighted by Crippen LogP contribution is 2.29. The van der Waals surface area contributed by atoms with E-state index in [-0.39, 0.29) is 11.7 Å². The van der Waals surface area contributed by atoms with E-state index in [9.17, 15) is 0 Å². The minimum Gasteiger partial charge on any atom is -0.438 e. The predicted octanol–water partition coefficient (Wildman–Crippen LogP) is 3.58. The van der Waals surface area contributed by atoms with Gasteiger partial charge in [0, 0.05) is 15.7 Å². The molecule has 3 N–H and O–H groups in total. The van der Waals surface area contributed by atoms with Crippen LogP contribution in [0.5, 0.6) is 11.6 Å². The van der Waals surface area contributed by atoms with Crippen LogP contribution in [-0.2, 0) is 0 Å². The van der Waals surface area contributed by atoms with Crippen LogP contribution in [0.4, 0.5) is 0 Å². The second-order valence-corrected chi connectivity index (χ2v) is 4.87. The van der Waals surface area contributed by atoms with Gasteiger partial charge in [0.05, 0.1) is 5.56 Å². The predicted molar refractivity (Wildman–Crippen MR) is 78.0 cm³/mol. The minimum absolute atomic E-state index is 0.0966. The summed E-state index contributed by atoms with van der Waals surface area (Å²) in [5.41, 5.74) is 6.68.